The molecule has 3 rings (SSSR count). The number of hydrogen-bond acceptors (Lipinski definition) is 7. The monoisotopic (exact) mass is 347 g/mol. The summed E-state index contributed by atoms with van der Waals surface area (Å²) in [5.74, 6) is 2.44. The summed E-state index contributed by atoms with van der Waals surface area (Å²) in [5, 5.41) is 15.5. The van der Waals surface area contributed by atoms with Gasteiger partial charge in [-0.3, -0.25) is 0 Å². The van der Waals surface area contributed by atoms with Gasteiger partial charge in [-0.1, -0.05) is 12.1 Å². The lowest BCUT2D eigenvalue weighted by Crippen LogP contribution is -2.00. The third kappa shape index (κ3) is 3.82. The van der Waals surface area contributed by atoms with Gasteiger partial charge in [-0.25, -0.2) is 9.97 Å². The molecule has 7 heteroatoms. The molecule has 0 amide bonds. The molecule has 0 fully saturated rings. The molecule has 130 valence electrons. The van der Waals surface area contributed by atoms with Gasteiger partial charge < -0.3 is 20.1 Å². The van der Waals surface area contributed by atoms with E-state index in [1.807, 2.05) is 36.4 Å². The normalized spacial score (nSPS) is 9.88. The fraction of sp³-hybridized carbons (Fsp3) is 0.105. The summed E-state index contributed by atoms with van der Waals surface area (Å²) in [7, 11) is 3.17. The zero-order chi connectivity index (χ0) is 18.4. The largest absolute Gasteiger partial charge is 0.493 e. The number of para-hydroxylation sites is 1. The van der Waals surface area contributed by atoms with Gasteiger partial charge in [-0.15, -0.1) is 0 Å². The van der Waals surface area contributed by atoms with Gasteiger partial charge in [0.05, 0.1) is 25.5 Å². The number of benzene rings is 2. The van der Waals surface area contributed by atoms with Gasteiger partial charge >= 0.3 is 0 Å². The molecular weight excluding hydrogens is 330 g/mol. The van der Waals surface area contributed by atoms with Gasteiger partial charge in [-0.2, -0.15) is 5.26 Å². The first-order chi connectivity index (χ1) is 12.7. The van der Waals surface area contributed by atoms with Gasteiger partial charge in [-0.05, 0) is 24.3 Å². The van der Waals surface area contributed by atoms with Crippen molar-refractivity contribution in [1.29, 1.82) is 5.26 Å². The number of nitrogens with zero attached hydrogens (tertiary/aromatic N) is 3. The first-order valence-electron chi connectivity index (χ1n) is 7.80. The summed E-state index contributed by atoms with van der Waals surface area (Å²) >= 11 is 0. The van der Waals surface area contributed by atoms with Crippen molar-refractivity contribution in [3.63, 3.8) is 0 Å². The second kappa shape index (κ2) is 7.85. The van der Waals surface area contributed by atoms with Crippen LogP contribution in [0.3, 0.4) is 0 Å². The lowest BCUT2D eigenvalue weighted by molar-refractivity contribution is 0.355. The molecule has 0 radical (unpaired) electrons. The van der Waals surface area contributed by atoms with E-state index in [4.69, 9.17) is 9.47 Å². The van der Waals surface area contributed by atoms with Crippen LogP contribution in [-0.2, 0) is 0 Å². The van der Waals surface area contributed by atoms with Crippen LogP contribution in [0.2, 0.25) is 0 Å². The van der Waals surface area contributed by atoms with Crippen molar-refractivity contribution < 1.29 is 9.47 Å². The van der Waals surface area contributed by atoms with Crippen LogP contribution in [0.5, 0.6) is 11.5 Å². The number of methoxy groups -OCH3 is 2. The van der Waals surface area contributed by atoms with Crippen LogP contribution in [-0.4, -0.2) is 24.2 Å². The zero-order valence-corrected chi connectivity index (χ0v) is 14.4. The molecule has 0 saturated heterocycles. The summed E-state index contributed by atoms with van der Waals surface area (Å²) in [6.07, 6.45) is 1.44. The lowest BCUT2D eigenvalue weighted by Gasteiger charge is -2.12. The topological polar surface area (TPSA) is 92.1 Å². The van der Waals surface area contributed by atoms with Crippen molar-refractivity contribution in [1.82, 2.24) is 9.97 Å². The molecule has 0 bridgehead atoms. The zero-order valence-electron chi connectivity index (χ0n) is 14.4. The SMILES string of the molecule is COc1ccc(Nc2cc(Nc3ccccc3C#N)ncn2)cc1OC. The van der Waals surface area contributed by atoms with Crippen LogP contribution in [0.15, 0.2) is 54.9 Å². The van der Waals surface area contributed by atoms with Gasteiger partial charge in [0.2, 0.25) is 0 Å². The summed E-state index contributed by atoms with van der Waals surface area (Å²) in [5.41, 5.74) is 2.02. The standard InChI is InChI=1S/C19H17N5O2/c1-25-16-8-7-14(9-17(16)26-2)23-18-10-19(22-12-21-18)24-15-6-4-3-5-13(15)11-20/h3-10,12H,1-2H3,(H2,21,22,23,24). The summed E-state index contributed by atoms with van der Waals surface area (Å²) in [6.45, 7) is 0. The number of rotatable bonds is 6. The highest BCUT2D eigenvalue weighted by Crippen LogP contribution is 2.31. The average Bonchev–Trinajstić information content (AvgIpc) is 2.68. The lowest BCUT2D eigenvalue weighted by atomic mass is 10.2. The van der Waals surface area contributed by atoms with Crippen LogP contribution >= 0.6 is 0 Å². The van der Waals surface area contributed by atoms with Gasteiger partial charge in [0.1, 0.15) is 24.0 Å². The predicted molar refractivity (Wildman–Crippen MR) is 99.3 cm³/mol. The summed E-state index contributed by atoms with van der Waals surface area (Å²) in [4.78, 5) is 8.41. The molecule has 1 heterocycles. The second-order valence-corrected chi connectivity index (χ2v) is 5.27. The van der Waals surface area contributed by atoms with Crippen LogP contribution in [0, 0.1) is 11.3 Å². The molecule has 0 saturated carbocycles. The average molecular weight is 347 g/mol. The van der Waals surface area contributed by atoms with E-state index in [9.17, 15) is 5.26 Å². The molecule has 2 N–H and O–H groups in total. The molecule has 26 heavy (non-hydrogen) atoms. The third-order valence-corrected chi connectivity index (χ3v) is 3.63. The van der Waals surface area contributed by atoms with Crippen molar-refractivity contribution in [3.8, 4) is 17.6 Å². The molecular formula is C19H17N5O2. The van der Waals surface area contributed by atoms with Gasteiger partial charge in [0, 0.05) is 17.8 Å². The highest BCUT2D eigenvalue weighted by atomic mass is 16.5. The number of hydrogen-bond donors (Lipinski definition) is 2. The Kier molecular flexibility index (Phi) is 5.15. The molecule has 0 aliphatic carbocycles. The molecule has 0 aliphatic heterocycles. The highest BCUT2D eigenvalue weighted by Gasteiger charge is 2.07. The minimum absolute atomic E-state index is 0.542. The van der Waals surface area contributed by atoms with E-state index in [2.05, 4.69) is 26.7 Å². The Morgan fingerprint density at radius 3 is 2.35 bits per heavy atom. The van der Waals surface area contributed by atoms with E-state index in [1.54, 1.807) is 26.4 Å². The summed E-state index contributed by atoms with van der Waals surface area (Å²) < 4.78 is 10.5. The summed E-state index contributed by atoms with van der Waals surface area (Å²) in [6, 6.07) is 16.6. The minimum Gasteiger partial charge on any atom is -0.493 e. The first-order valence-corrected chi connectivity index (χ1v) is 7.80. The maximum absolute atomic E-state index is 9.18. The Hall–Kier alpha value is -3.79. The van der Waals surface area contributed by atoms with E-state index < -0.39 is 0 Å². The Morgan fingerprint density at radius 2 is 1.62 bits per heavy atom. The predicted octanol–water partition coefficient (Wildman–Crippen LogP) is 3.85. The maximum Gasteiger partial charge on any atom is 0.162 e. The van der Waals surface area contributed by atoms with E-state index >= 15 is 0 Å². The molecule has 3 aromatic rings. The Labute approximate surface area is 151 Å². The Morgan fingerprint density at radius 1 is 0.885 bits per heavy atom. The molecule has 7 nitrogen and oxygen atoms in total. The molecule has 0 spiro atoms. The number of nitriles is 1. The number of anilines is 4. The molecule has 1 aromatic heterocycles. The number of ether oxygens (including phenoxy) is 2. The van der Waals surface area contributed by atoms with Crippen LogP contribution in [0.25, 0.3) is 0 Å². The third-order valence-electron chi connectivity index (χ3n) is 3.63. The van der Waals surface area contributed by atoms with Crippen molar-refractivity contribution in [3.05, 3.63) is 60.4 Å². The van der Waals surface area contributed by atoms with E-state index in [0.29, 0.717) is 34.4 Å². The Balaban J connectivity index is 1.81. The fourth-order valence-corrected chi connectivity index (χ4v) is 2.38. The number of aromatic nitrogens is 2. The van der Waals surface area contributed by atoms with Crippen LogP contribution < -0.4 is 20.1 Å². The first kappa shape index (κ1) is 17.0. The van der Waals surface area contributed by atoms with Crippen molar-refractivity contribution >= 4 is 23.0 Å². The van der Waals surface area contributed by atoms with Crippen LogP contribution in [0.4, 0.5) is 23.0 Å². The fourth-order valence-electron chi connectivity index (χ4n) is 2.38. The molecule has 2 aromatic carbocycles. The molecule has 0 aliphatic rings. The van der Waals surface area contributed by atoms with Gasteiger partial charge in [0.15, 0.2) is 11.5 Å². The quantitative estimate of drug-likeness (QED) is 0.699. The minimum atomic E-state index is 0.542. The van der Waals surface area contributed by atoms with E-state index in [0.717, 1.165) is 5.69 Å². The van der Waals surface area contributed by atoms with Crippen LogP contribution in [0.1, 0.15) is 5.56 Å². The number of nitrogens with one attached hydrogen (secondary N) is 2. The van der Waals surface area contributed by atoms with E-state index in [-0.39, 0.29) is 0 Å². The molecule has 0 unspecified atom stereocenters. The maximum atomic E-state index is 9.18. The smallest absolute Gasteiger partial charge is 0.162 e. The van der Waals surface area contributed by atoms with Crippen molar-refractivity contribution in [2.75, 3.05) is 24.9 Å². The van der Waals surface area contributed by atoms with E-state index in [1.165, 1.54) is 6.33 Å². The molecule has 0 atom stereocenters. The van der Waals surface area contributed by atoms with Crippen molar-refractivity contribution in [2.24, 2.45) is 0 Å². The highest BCUT2D eigenvalue weighted by molar-refractivity contribution is 5.67. The second-order valence-electron chi connectivity index (χ2n) is 5.27. The van der Waals surface area contributed by atoms with Gasteiger partial charge in [0.25, 0.3) is 0 Å². The van der Waals surface area contributed by atoms with Crippen molar-refractivity contribution in [2.45, 2.75) is 0 Å². The Bertz CT molecular complexity index is 953.